The molecule has 0 aromatic carbocycles. The minimum atomic E-state index is -0.358. The van der Waals surface area contributed by atoms with Crippen molar-refractivity contribution in [1.29, 1.82) is 0 Å². The van der Waals surface area contributed by atoms with Gasteiger partial charge in [-0.15, -0.1) is 0 Å². The molecular weight excluding hydrogens is 182 g/mol. The van der Waals surface area contributed by atoms with E-state index < -0.39 is 0 Å². The lowest BCUT2D eigenvalue weighted by molar-refractivity contribution is 0.721. The number of aryl methyl sites for hydroxylation is 2. The Labute approximate surface area is 79.8 Å². The van der Waals surface area contributed by atoms with Crippen molar-refractivity contribution in [1.82, 2.24) is 19.7 Å². The van der Waals surface area contributed by atoms with E-state index in [1.807, 2.05) is 0 Å². The summed E-state index contributed by atoms with van der Waals surface area (Å²) in [7, 11) is 1.70. The van der Waals surface area contributed by atoms with E-state index in [9.17, 15) is 4.79 Å². The van der Waals surface area contributed by atoms with Gasteiger partial charge >= 0.3 is 0 Å². The molecule has 2 N–H and O–H groups in total. The van der Waals surface area contributed by atoms with Crippen molar-refractivity contribution >= 4 is 5.95 Å². The van der Waals surface area contributed by atoms with Gasteiger partial charge in [-0.1, -0.05) is 0 Å². The summed E-state index contributed by atoms with van der Waals surface area (Å²) in [5.41, 5.74) is 6.24. The molecule has 0 atom stereocenters. The number of nitrogen functional groups attached to an aromatic ring is 1. The van der Waals surface area contributed by atoms with E-state index >= 15 is 0 Å². The smallest absolute Gasteiger partial charge is 0.284 e. The first-order valence-electron chi connectivity index (χ1n) is 4.05. The Bertz CT molecular complexity index is 518. The molecule has 0 radical (unpaired) electrons. The maximum atomic E-state index is 11.5. The lowest BCUT2D eigenvalue weighted by Crippen LogP contribution is -2.20. The average Bonchev–Trinajstić information content (AvgIpc) is 2.10. The SMILES string of the molecule is Cc1cnn(C)c2nc(N)nc(=O)c1-2. The van der Waals surface area contributed by atoms with E-state index in [0.29, 0.717) is 11.4 Å². The summed E-state index contributed by atoms with van der Waals surface area (Å²) in [5, 5.41) is 4.02. The summed E-state index contributed by atoms with van der Waals surface area (Å²) < 4.78 is 1.50. The molecule has 0 saturated carbocycles. The van der Waals surface area contributed by atoms with Gasteiger partial charge in [0.15, 0.2) is 5.82 Å². The Morgan fingerprint density at radius 3 is 2.86 bits per heavy atom. The Balaban J connectivity index is 2.97. The van der Waals surface area contributed by atoms with Crippen molar-refractivity contribution in [3.05, 3.63) is 22.1 Å². The molecular formula is C8H9N5O. The first kappa shape index (κ1) is 8.61. The van der Waals surface area contributed by atoms with Gasteiger partial charge in [0, 0.05) is 7.05 Å². The number of nitrogens with two attached hydrogens (primary N) is 1. The molecule has 14 heavy (non-hydrogen) atoms. The third-order valence-corrected chi connectivity index (χ3v) is 2.00. The fourth-order valence-corrected chi connectivity index (χ4v) is 1.32. The Morgan fingerprint density at radius 2 is 2.14 bits per heavy atom. The second-order valence-electron chi connectivity index (χ2n) is 3.04. The van der Waals surface area contributed by atoms with E-state index in [4.69, 9.17) is 5.73 Å². The minimum absolute atomic E-state index is 0.0227. The largest absolute Gasteiger partial charge is 0.368 e. The Hall–Kier alpha value is -1.98. The highest BCUT2D eigenvalue weighted by atomic mass is 16.1. The molecule has 2 rings (SSSR count). The number of rotatable bonds is 0. The van der Waals surface area contributed by atoms with Gasteiger partial charge < -0.3 is 5.73 Å². The Kier molecular flexibility index (Phi) is 1.70. The zero-order valence-electron chi connectivity index (χ0n) is 7.85. The van der Waals surface area contributed by atoms with Crippen molar-refractivity contribution < 1.29 is 0 Å². The number of hydrogen-bond acceptors (Lipinski definition) is 5. The van der Waals surface area contributed by atoms with Crippen LogP contribution in [0.5, 0.6) is 0 Å². The third kappa shape index (κ3) is 1.12. The molecule has 0 saturated heterocycles. The zero-order chi connectivity index (χ0) is 10.3. The van der Waals surface area contributed by atoms with Crippen LogP contribution >= 0.6 is 0 Å². The fraction of sp³-hybridized carbons (Fsp3) is 0.250. The second-order valence-corrected chi connectivity index (χ2v) is 3.04. The topological polar surface area (TPSA) is 86.7 Å². The van der Waals surface area contributed by atoms with Crippen molar-refractivity contribution in [2.24, 2.45) is 7.05 Å². The molecule has 0 spiro atoms. The Morgan fingerprint density at radius 1 is 1.43 bits per heavy atom. The van der Waals surface area contributed by atoms with Crippen LogP contribution in [0.3, 0.4) is 0 Å². The van der Waals surface area contributed by atoms with Crippen LogP contribution < -0.4 is 11.3 Å². The zero-order valence-corrected chi connectivity index (χ0v) is 7.85. The van der Waals surface area contributed by atoms with Crippen molar-refractivity contribution in [2.75, 3.05) is 5.73 Å². The average molecular weight is 191 g/mol. The predicted molar refractivity (Wildman–Crippen MR) is 50.8 cm³/mol. The molecule has 2 aliphatic rings. The van der Waals surface area contributed by atoms with E-state index in [-0.39, 0.29) is 11.5 Å². The third-order valence-electron chi connectivity index (χ3n) is 2.00. The van der Waals surface area contributed by atoms with Crippen LogP contribution in [0.15, 0.2) is 11.0 Å². The number of hydrogen-bond donors (Lipinski definition) is 1. The lowest BCUT2D eigenvalue weighted by atomic mass is 10.1. The van der Waals surface area contributed by atoms with Gasteiger partial charge in [0.1, 0.15) is 0 Å². The van der Waals surface area contributed by atoms with Crippen LogP contribution in [0.25, 0.3) is 11.4 Å². The summed E-state index contributed by atoms with van der Waals surface area (Å²) in [4.78, 5) is 19.0. The van der Waals surface area contributed by atoms with Gasteiger partial charge in [0.2, 0.25) is 5.95 Å². The molecule has 0 fully saturated rings. The highest BCUT2D eigenvalue weighted by Gasteiger charge is 2.15. The van der Waals surface area contributed by atoms with Gasteiger partial charge in [0.25, 0.3) is 5.56 Å². The summed E-state index contributed by atoms with van der Waals surface area (Å²) >= 11 is 0. The molecule has 0 amide bonds. The molecule has 2 heterocycles. The maximum Gasteiger partial charge on any atom is 0.284 e. The van der Waals surface area contributed by atoms with Crippen molar-refractivity contribution in [3.8, 4) is 11.4 Å². The molecule has 0 unspecified atom stereocenters. The van der Waals surface area contributed by atoms with Gasteiger partial charge in [-0.05, 0) is 12.5 Å². The van der Waals surface area contributed by atoms with E-state index in [1.54, 1.807) is 20.2 Å². The molecule has 0 bridgehead atoms. The standard InChI is InChI=1S/C8H9N5O/c1-4-3-10-13(2)6-5(4)7(14)12-8(9)11-6/h3H,1-2H3,(H2,9,12,14). The number of aromatic nitrogens is 4. The summed E-state index contributed by atoms with van der Waals surface area (Å²) in [6, 6.07) is 0. The van der Waals surface area contributed by atoms with Gasteiger partial charge in [-0.25, -0.2) is 0 Å². The summed E-state index contributed by atoms with van der Waals surface area (Å²) in [6.45, 7) is 1.79. The highest BCUT2D eigenvalue weighted by molar-refractivity contribution is 5.60. The van der Waals surface area contributed by atoms with E-state index in [0.717, 1.165) is 5.56 Å². The van der Waals surface area contributed by atoms with Gasteiger partial charge in [-0.2, -0.15) is 15.1 Å². The number of anilines is 1. The van der Waals surface area contributed by atoms with Crippen molar-refractivity contribution in [2.45, 2.75) is 6.92 Å². The lowest BCUT2D eigenvalue weighted by Gasteiger charge is -2.09. The molecule has 0 aromatic rings. The number of nitrogens with zero attached hydrogens (tertiary/aromatic N) is 4. The second kappa shape index (κ2) is 2.76. The summed E-state index contributed by atoms with van der Waals surface area (Å²) in [5.74, 6) is 0.438. The van der Waals surface area contributed by atoms with Crippen LogP contribution in [0.1, 0.15) is 5.56 Å². The van der Waals surface area contributed by atoms with Crippen molar-refractivity contribution in [3.63, 3.8) is 0 Å². The maximum absolute atomic E-state index is 11.5. The number of fused-ring (bicyclic) bond motifs is 1. The molecule has 6 nitrogen and oxygen atoms in total. The van der Waals surface area contributed by atoms with Crippen LogP contribution in [0.2, 0.25) is 0 Å². The highest BCUT2D eigenvalue weighted by Crippen LogP contribution is 2.16. The normalized spacial score (nSPS) is 10.7. The molecule has 0 aliphatic carbocycles. The predicted octanol–water partition coefficient (Wildman–Crippen LogP) is -0.434. The van der Waals surface area contributed by atoms with Gasteiger partial charge in [-0.3, -0.25) is 9.48 Å². The molecule has 72 valence electrons. The monoisotopic (exact) mass is 191 g/mol. The molecule has 0 aromatic heterocycles. The fourth-order valence-electron chi connectivity index (χ4n) is 1.32. The molecule has 6 heteroatoms. The van der Waals surface area contributed by atoms with Crippen LogP contribution in [0, 0.1) is 6.92 Å². The van der Waals surface area contributed by atoms with Crippen LogP contribution in [-0.2, 0) is 7.05 Å². The first-order valence-corrected chi connectivity index (χ1v) is 4.05. The first-order chi connectivity index (χ1) is 6.59. The van der Waals surface area contributed by atoms with E-state index in [1.165, 1.54) is 4.68 Å². The quantitative estimate of drug-likeness (QED) is 0.610. The van der Waals surface area contributed by atoms with Crippen LogP contribution in [-0.4, -0.2) is 19.7 Å². The van der Waals surface area contributed by atoms with Crippen LogP contribution in [0.4, 0.5) is 5.95 Å². The summed E-state index contributed by atoms with van der Waals surface area (Å²) in [6.07, 6.45) is 1.60. The van der Waals surface area contributed by atoms with Gasteiger partial charge in [0.05, 0.1) is 11.8 Å². The minimum Gasteiger partial charge on any atom is -0.368 e. The van der Waals surface area contributed by atoms with E-state index in [2.05, 4.69) is 15.1 Å². The molecule has 2 aliphatic heterocycles.